The summed E-state index contributed by atoms with van der Waals surface area (Å²) in [5.74, 6) is 0. The first kappa shape index (κ1) is 16.2. The van der Waals surface area contributed by atoms with Gasteiger partial charge in [0.05, 0.1) is 19.3 Å². The van der Waals surface area contributed by atoms with E-state index >= 15 is 0 Å². The van der Waals surface area contributed by atoms with E-state index in [1.165, 1.54) is 19.3 Å². The maximum absolute atomic E-state index is 5.82. The molecule has 4 heteroatoms. The van der Waals surface area contributed by atoms with E-state index in [4.69, 9.17) is 9.47 Å². The first-order chi connectivity index (χ1) is 9.69. The summed E-state index contributed by atoms with van der Waals surface area (Å²) < 4.78 is 11.5. The number of hydrogen-bond acceptors (Lipinski definition) is 4. The lowest BCUT2D eigenvalue weighted by atomic mass is 9.85. The number of morpholine rings is 1. The van der Waals surface area contributed by atoms with Crippen molar-refractivity contribution >= 4 is 0 Å². The topological polar surface area (TPSA) is 33.7 Å². The fourth-order valence-electron chi connectivity index (χ4n) is 3.41. The van der Waals surface area contributed by atoms with Gasteiger partial charge in [-0.2, -0.15) is 0 Å². The molecule has 0 saturated carbocycles. The summed E-state index contributed by atoms with van der Waals surface area (Å²) in [5, 5.41) is 3.61. The lowest BCUT2D eigenvalue weighted by molar-refractivity contribution is -0.0698. The molecule has 0 amide bonds. The lowest BCUT2D eigenvalue weighted by Gasteiger charge is -2.43. The van der Waals surface area contributed by atoms with Gasteiger partial charge < -0.3 is 14.8 Å². The van der Waals surface area contributed by atoms with Crippen molar-refractivity contribution in [3.05, 3.63) is 0 Å². The first-order valence-electron chi connectivity index (χ1n) is 8.33. The van der Waals surface area contributed by atoms with Gasteiger partial charge in [0.15, 0.2) is 0 Å². The normalized spacial score (nSPS) is 35.5. The summed E-state index contributed by atoms with van der Waals surface area (Å²) in [5.41, 5.74) is 0.305. The van der Waals surface area contributed by atoms with E-state index in [1.807, 2.05) is 0 Å². The maximum atomic E-state index is 5.82. The van der Waals surface area contributed by atoms with Gasteiger partial charge in [-0.25, -0.2) is 0 Å². The van der Waals surface area contributed by atoms with E-state index in [0.29, 0.717) is 17.6 Å². The Morgan fingerprint density at radius 1 is 1.35 bits per heavy atom. The molecular formula is C16H32N2O2. The Morgan fingerprint density at radius 3 is 2.85 bits per heavy atom. The summed E-state index contributed by atoms with van der Waals surface area (Å²) in [7, 11) is 0. The van der Waals surface area contributed by atoms with Crippen molar-refractivity contribution in [2.24, 2.45) is 5.41 Å². The molecule has 3 unspecified atom stereocenters. The molecule has 0 aromatic rings. The molecule has 4 nitrogen and oxygen atoms in total. The fraction of sp³-hybridized carbons (Fsp3) is 1.00. The molecule has 2 rings (SSSR count). The minimum atomic E-state index is 0.305. The van der Waals surface area contributed by atoms with Crippen molar-refractivity contribution in [2.45, 2.75) is 52.2 Å². The van der Waals surface area contributed by atoms with Gasteiger partial charge in [-0.3, -0.25) is 4.90 Å². The summed E-state index contributed by atoms with van der Waals surface area (Å²) in [6.07, 6.45) is 3.92. The monoisotopic (exact) mass is 284 g/mol. The lowest BCUT2D eigenvalue weighted by Crippen LogP contribution is -2.54. The molecule has 0 aliphatic carbocycles. The average molecular weight is 284 g/mol. The number of nitrogens with zero attached hydrogens (tertiary/aromatic N) is 1. The predicted octanol–water partition coefficient (Wildman–Crippen LogP) is 1.89. The van der Waals surface area contributed by atoms with Crippen LogP contribution in [-0.4, -0.2) is 63.0 Å². The summed E-state index contributed by atoms with van der Waals surface area (Å²) in [6, 6.07) is 0.579. The molecule has 0 aromatic heterocycles. The van der Waals surface area contributed by atoms with Crippen molar-refractivity contribution in [3.63, 3.8) is 0 Å². The van der Waals surface area contributed by atoms with Crippen molar-refractivity contribution in [1.82, 2.24) is 10.2 Å². The number of nitrogens with one attached hydrogen (secondary N) is 1. The van der Waals surface area contributed by atoms with Crippen LogP contribution in [0, 0.1) is 5.41 Å². The molecule has 2 fully saturated rings. The van der Waals surface area contributed by atoms with Gasteiger partial charge >= 0.3 is 0 Å². The number of ether oxygens (including phenoxy) is 2. The van der Waals surface area contributed by atoms with Crippen LogP contribution in [0.4, 0.5) is 0 Å². The Hall–Kier alpha value is -0.160. The molecule has 2 saturated heterocycles. The molecule has 2 aliphatic rings. The van der Waals surface area contributed by atoms with Crippen LogP contribution >= 0.6 is 0 Å². The maximum Gasteiger partial charge on any atom is 0.0674 e. The number of rotatable bonds is 7. The molecule has 0 spiro atoms. The molecule has 2 heterocycles. The van der Waals surface area contributed by atoms with Crippen LogP contribution in [0.1, 0.15) is 40.0 Å². The molecule has 3 atom stereocenters. The van der Waals surface area contributed by atoms with Crippen molar-refractivity contribution < 1.29 is 9.47 Å². The largest absolute Gasteiger partial charge is 0.381 e. The second-order valence-corrected chi connectivity index (χ2v) is 6.61. The van der Waals surface area contributed by atoms with Gasteiger partial charge in [-0.05, 0) is 32.7 Å². The zero-order chi connectivity index (χ0) is 14.4. The van der Waals surface area contributed by atoms with E-state index in [0.717, 1.165) is 46.0 Å². The second-order valence-electron chi connectivity index (χ2n) is 6.61. The summed E-state index contributed by atoms with van der Waals surface area (Å²) in [4.78, 5) is 2.65. The average Bonchev–Trinajstić information content (AvgIpc) is 2.88. The molecule has 2 aliphatic heterocycles. The molecule has 118 valence electrons. The molecule has 0 radical (unpaired) electrons. The van der Waals surface area contributed by atoms with Gasteiger partial charge in [-0.15, -0.1) is 0 Å². The number of hydrogen-bond donors (Lipinski definition) is 1. The van der Waals surface area contributed by atoms with Crippen LogP contribution in [0.15, 0.2) is 0 Å². The third kappa shape index (κ3) is 4.17. The van der Waals surface area contributed by atoms with Gasteiger partial charge in [0, 0.05) is 37.7 Å². The van der Waals surface area contributed by atoms with Crippen LogP contribution < -0.4 is 5.32 Å². The van der Waals surface area contributed by atoms with Crippen LogP contribution in [0.25, 0.3) is 0 Å². The molecular weight excluding hydrogens is 252 g/mol. The van der Waals surface area contributed by atoms with Crippen molar-refractivity contribution in [3.8, 4) is 0 Å². The molecule has 0 bridgehead atoms. The molecule has 20 heavy (non-hydrogen) atoms. The van der Waals surface area contributed by atoms with Crippen LogP contribution in [-0.2, 0) is 9.47 Å². The minimum absolute atomic E-state index is 0.305. The smallest absolute Gasteiger partial charge is 0.0674 e. The molecule has 1 N–H and O–H groups in total. The van der Waals surface area contributed by atoms with Gasteiger partial charge in [0.2, 0.25) is 0 Å². The van der Waals surface area contributed by atoms with E-state index in [1.54, 1.807) is 0 Å². The van der Waals surface area contributed by atoms with Crippen LogP contribution in [0.5, 0.6) is 0 Å². The van der Waals surface area contributed by atoms with E-state index in [2.05, 4.69) is 31.0 Å². The minimum Gasteiger partial charge on any atom is -0.381 e. The fourth-order valence-corrected chi connectivity index (χ4v) is 3.41. The second kappa shape index (κ2) is 7.74. The van der Waals surface area contributed by atoms with Gasteiger partial charge in [0.25, 0.3) is 0 Å². The van der Waals surface area contributed by atoms with E-state index in [-0.39, 0.29) is 0 Å². The van der Waals surface area contributed by atoms with Gasteiger partial charge in [-0.1, -0.05) is 13.8 Å². The van der Waals surface area contributed by atoms with Crippen LogP contribution in [0.3, 0.4) is 0 Å². The SMILES string of the molecule is CCCNCC1(CN2CC(C)OCC2CC)CCOC1. The zero-order valence-corrected chi connectivity index (χ0v) is 13.5. The molecule has 0 aromatic carbocycles. The highest BCUT2D eigenvalue weighted by Crippen LogP contribution is 2.31. The highest BCUT2D eigenvalue weighted by atomic mass is 16.5. The quantitative estimate of drug-likeness (QED) is 0.724. The Kier molecular flexibility index (Phi) is 6.27. The van der Waals surface area contributed by atoms with E-state index < -0.39 is 0 Å². The highest BCUT2D eigenvalue weighted by Gasteiger charge is 2.39. The Balaban J connectivity index is 1.95. The predicted molar refractivity (Wildman–Crippen MR) is 82.1 cm³/mol. The zero-order valence-electron chi connectivity index (χ0n) is 13.5. The summed E-state index contributed by atoms with van der Waals surface area (Å²) >= 11 is 0. The standard InChI is InChI=1S/C16H32N2O2/c1-4-7-17-11-16(6-8-19-13-16)12-18-9-14(3)20-10-15(18)5-2/h14-15,17H,4-13H2,1-3H3. The highest BCUT2D eigenvalue weighted by molar-refractivity contribution is 4.91. The Labute approximate surface area is 124 Å². The van der Waals surface area contributed by atoms with Crippen molar-refractivity contribution in [1.29, 1.82) is 0 Å². The van der Waals surface area contributed by atoms with E-state index in [9.17, 15) is 0 Å². The third-order valence-corrected chi connectivity index (χ3v) is 4.70. The van der Waals surface area contributed by atoms with Gasteiger partial charge in [0.1, 0.15) is 0 Å². The Bertz CT molecular complexity index is 280. The van der Waals surface area contributed by atoms with Crippen molar-refractivity contribution in [2.75, 3.05) is 46.0 Å². The first-order valence-corrected chi connectivity index (χ1v) is 8.33. The summed E-state index contributed by atoms with van der Waals surface area (Å²) in [6.45, 7) is 13.8. The Morgan fingerprint density at radius 2 is 2.20 bits per heavy atom. The third-order valence-electron chi connectivity index (χ3n) is 4.70. The van der Waals surface area contributed by atoms with Crippen LogP contribution in [0.2, 0.25) is 0 Å².